The van der Waals surface area contributed by atoms with Gasteiger partial charge in [0.1, 0.15) is 12.2 Å². The van der Waals surface area contributed by atoms with Crippen LogP contribution in [0.3, 0.4) is 0 Å². The van der Waals surface area contributed by atoms with Crippen molar-refractivity contribution in [3.05, 3.63) is 25.3 Å². The summed E-state index contributed by atoms with van der Waals surface area (Å²) in [5.41, 5.74) is 0. The van der Waals surface area contributed by atoms with Crippen LogP contribution in [-0.4, -0.2) is 42.4 Å². The third-order valence-corrected chi connectivity index (χ3v) is 2.80. The van der Waals surface area contributed by atoms with E-state index in [0.29, 0.717) is 26.1 Å². The molecule has 0 bridgehead atoms. The number of ether oxygens (including phenoxy) is 3. The summed E-state index contributed by atoms with van der Waals surface area (Å²) in [6.45, 7) is 8.53. The van der Waals surface area contributed by atoms with E-state index in [1.165, 1.54) is 0 Å². The van der Waals surface area contributed by atoms with E-state index in [0.717, 1.165) is 0 Å². The van der Waals surface area contributed by atoms with Gasteiger partial charge in [0.25, 0.3) is 0 Å². The van der Waals surface area contributed by atoms with Crippen molar-refractivity contribution in [2.24, 2.45) is 0 Å². The molecular formula is C12H18O4. The summed E-state index contributed by atoms with van der Waals surface area (Å²) < 4.78 is 16.0. The predicted molar refractivity (Wildman–Crippen MR) is 58.9 cm³/mol. The summed E-state index contributed by atoms with van der Waals surface area (Å²) >= 11 is 0. The van der Waals surface area contributed by atoms with Crippen LogP contribution in [-0.2, 0) is 14.2 Å². The van der Waals surface area contributed by atoms with Crippen LogP contribution < -0.4 is 0 Å². The van der Waals surface area contributed by atoms with E-state index in [-0.39, 0.29) is 18.3 Å². The average Bonchev–Trinajstić information content (AvgIpc) is 3.08. The van der Waals surface area contributed by atoms with E-state index < -0.39 is 5.79 Å². The molecule has 0 radical (unpaired) electrons. The van der Waals surface area contributed by atoms with Crippen molar-refractivity contribution < 1.29 is 19.3 Å². The molecule has 0 aromatic heterocycles. The van der Waals surface area contributed by atoms with Crippen molar-refractivity contribution >= 4 is 0 Å². The molecule has 2 heterocycles. The maximum Gasteiger partial charge on any atom is 0.198 e. The Hall–Kier alpha value is -0.680. The molecule has 4 unspecified atom stereocenters. The summed E-state index contributed by atoms with van der Waals surface area (Å²) in [4.78, 5) is 0. The molecule has 0 aromatic rings. The molecule has 4 atom stereocenters. The number of rotatable bonds is 8. The quantitative estimate of drug-likeness (QED) is 0.381. The van der Waals surface area contributed by atoms with Gasteiger partial charge in [0.15, 0.2) is 5.79 Å². The average molecular weight is 226 g/mol. The topological polar surface area (TPSA) is 54.5 Å². The Bertz CT molecular complexity index is 270. The lowest BCUT2D eigenvalue weighted by Crippen LogP contribution is -2.43. The van der Waals surface area contributed by atoms with Crippen molar-refractivity contribution in [1.29, 1.82) is 0 Å². The van der Waals surface area contributed by atoms with E-state index in [1.807, 2.05) is 0 Å². The molecule has 90 valence electrons. The largest absolute Gasteiger partial charge is 0.370 e. The molecule has 2 aliphatic rings. The summed E-state index contributed by atoms with van der Waals surface area (Å²) in [5.74, 6) is -1.26. The van der Waals surface area contributed by atoms with Gasteiger partial charge in [-0.15, -0.1) is 13.2 Å². The highest BCUT2D eigenvalue weighted by Crippen LogP contribution is 2.33. The monoisotopic (exact) mass is 226 g/mol. The van der Waals surface area contributed by atoms with Crippen molar-refractivity contribution in [3.8, 4) is 0 Å². The Balaban J connectivity index is 1.96. The Labute approximate surface area is 95.5 Å². The Morgan fingerprint density at radius 2 is 2.06 bits per heavy atom. The molecule has 0 spiro atoms. The molecule has 1 N–H and O–H groups in total. The second-order valence-corrected chi connectivity index (χ2v) is 4.21. The summed E-state index contributed by atoms with van der Waals surface area (Å²) in [6, 6.07) is 0. The van der Waals surface area contributed by atoms with Gasteiger partial charge in [0.05, 0.1) is 19.3 Å². The fourth-order valence-corrected chi connectivity index (χ4v) is 1.74. The molecule has 2 saturated heterocycles. The van der Waals surface area contributed by atoms with Crippen molar-refractivity contribution in [2.45, 2.75) is 36.9 Å². The first-order valence-electron chi connectivity index (χ1n) is 5.55. The van der Waals surface area contributed by atoms with Gasteiger partial charge < -0.3 is 19.3 Å². The number of aliphatic hydroxyl groups is 1. The molecule has 2 aliphatic heterocycles. The van der Waals surface area contributed by atoms with Gasteiger partial charge in [-0.1, -0.05) is 12.2 Å². The number of hydrogen-bond donors (Lipinski definition) is 1. The van der Waals surface area contributed by atoms with Crippen molar-refractivity contribution in [1.82, 2.24) is 0 Å². The normalized spacial score (nSPS) is 32.6. The molecule has 0 aliphatic carbocycles. The minimum Gasteiger partial charge on any atom is -0.370 e. The van der Waals surface area contributed by atoms with Crippen LogP contribution >= 0.6 is 0 Å². The van der Waals surface area contributed by atoms with Crippen LogP contribution in [0.5, 0.6) is 0 Å². The first kappa shape index (κ1) is 11.8. The van der Waals surface area contributed by atoms with E-state index in [2.05, 4.69) is 13.2 Å². The molecule has 2 rings (SSSR count). The SMILES string of the molecule is C=CCC(OC(O)(CC=C)C1CO1)C1CO1. The molecule has 0 saturated carbocycles. The summed E-state index contributed by atoms with van der Waals surface area (Å²) in [5, 5.41) is 10.3. The molecule has 16 heavy (non-hydrogen) atoms. The van der Waals surface area contributed by atoms with E-state index in [1.54, 1.807) is 12.2 Å². The zero-order valence-corrected chi connectivity index (χ0v) is 9.30. The minimum absolute atomic E-state index is 0.0769. The fourth-order valence-electron chi connectivity index (χ4n) is 1.74. The molecule has 4 nitrogen and oxygen atoms in total. The lowest BCUT2D eigenvalue weighted by atomic mass is 10.1. The van der Waals surface area contributed by atoms with Gasteiger partial charge in [-0.2, -0.15) is 0 Å². The fraction of sp³-hybridized carbons (Fsp3) is 0.667. The van der Waals surface area contributed by atoms with E-state index >= 15 is 0 Å². The van der Waals surface area contributed by atoms with Crippen LogP contribution in [0, 0.1) is 0 Å². The van der Waals surface area contributed by atoms with Crippen LogP contribution in [0.15, 0.2) is 25.3 Å². The van der Waals surface area contributed by atoms with E-state index in [4.69, 9.17) is 14.2 Å². The third kappa shape index (κ3) is 2.71. The Morgan fingerprint density at radius 1 is 1.38 bits per heavy atom. The highest BCUT2D eigenvalue weighted by Gasteiger charge is 2.49. The smallest absolute Gasteiger partial charge is 0.198 e. The zero-order valence-electron chi connectivity index (χ0n) is 9.30. The Morgan fingerprint density at radius 3 is 2.50 bits per heavy atom. The standard InChI is InChI=1S/C12H18O4/c1-3-5-9(10-7-14-10)16-12(13,6-4-2)11-8-15-11/h3-4,9-11,13H,1-2,5-8H2. The summed E-state index contributed by atoms with van der Waals surface area (Å²) in [7, 11) is 0. The van der Waals surface area contributed by atoms with Crippen LogP contribution in [0.4, 0.5) is 0 Å². The number of hydrogen-bond acceptors (Lipinski definition) is 4. The lowest BCUT2D eigenvalue weighted by Gasteiger charge is -2.29. The number of epoxide rings is 2. The van der Waals surface area contributed by atoms with E-state index in [9.17, 15) is 5.11 Å². The van der Waals surface area contributed by atoms with Gasteiger partial charge in [0, 0.05) is 6.42 Å². The first-order valence-corrected chi connectivity index (χ1v) is 5.55. The van der Waals surface area contributed by atoms with Crippen LogP contribution in [0.2, 0.25) is 0 Å². The van der Waals surface area contributed by atoms with Gasteiger partial charge in [0.2, 0.25) is 0 Å². The highest BCUT2D eigenvalue weighted by atomic mass is 16.7. The minimum atomic E-state index is -1.26. The van der Waals surface area contributed by atoms with Crippen molar-refractivity contribution in [2.75, 3.05) is 13.2 Å². The Kier molecular flexibility index (Phi) is 3.44. The molecule has 2 fully saturated rings. The second kappa shape index (κ2) is 4.67. The van der Waals surface area contributed by atoms with Crippen LogP contribution in [0.1, 0.15) is 12.8 Å². The third-order valence-electron chi connectivity index (χ3n) is 2.80. The molecule has 0 amide bonds. The maximum absolute atomic E-state index is 10.3. The molecule has 4 heteroatoms. The maximum atomic E-state index is 10.3. The van der Waals surface area contributed by atoms with Crippen molar-refractivity contribution in [3.63, 3.8) is 0 Å². The zero-order chi connectivity index (χ0) is 11.6. The lowest BCUT2D eigenvalue weighted by molar-refractivity contribution is -0.240. The molecular weight excluding hydrogens is 208 g/mol. The summed E-state index contributed by atoms with van der Waals surface area (Å²) in [6.07, 6.45) is 4.13. The molecule has 0 aromatic carbocycles. The predicted octanol–water partition coefficient (Wildman–Crippen LogP) is 1.01. The van der Waals surface area contributed by atoms with Gasteiger partial charge >= 0.3 is 0 Å². The van der Waals surface area contributed by atoms with Gasteiger partial charge in [-0.25, -0.2) is 0 Å². The van der Waals surface area contributed by atoms with Crippen LogP contribution in [0.25, 0.3) is 0 Å². The first-order chi connectivity index (χ1) is 7.69. The highest BCUT2D eigenvalue weighted by molar-refractivity contribution is 4.95. The van der Waals surface area contributed by atoms with Gasteiger partial charge in [-0.05, 0) is 6.42 Å². The van der Waals surface area contributed by atoms with Gasteiger partial charge in [-0.3, -0.25) is 0 Å². The second-order valence-electron chi connectivity index (χ2n) is 4.21.